The summed E-state index contributed by atoms with van der Waals surface area (Å²) in [4.78, 5) is 26.7. The van der Waals surface area contributed by atoms with Crippen molar-refractivity contribution in [2.45, 2.75) is 65.0 Å². The van der Waals surface area contributed by atoms with E-state index in [0.29, 0.717) is 18.9 Å². The van der Waals surface area contributed by atoms with Gasteiger partial charge < -0.3 is 9.64 Å². The summed E-state index contributed by atoms with van der Waals surface area (Å²) in [5.74, 6) is 0.690. The zero-order valence-corrected chi connectivity index (χ0v) is 15.3. The third-order valence-electron chi connectivity index (χ3n) is 4.29. The lowest BCUT2D eigenvalue weighted by Crippen LogP contribution is -2.48. The van der Waals surface area contributed by atoms with E-state index in [2.05, 4.69) is 6.92 Å². The summed E-state index contributed by atoms with van der Waals surface area (Å²) in [5.41, 5.74) is 0.235. The highest BCUT2D eigenvalue weighted by molar-refractivity contribution is 7.08. The van der Waals surface area contributed by atoms with E-state index in [1.807, 2.05) is 37.6 Å². The first-order valence-corrected chi connectivity index (χ1v) is 9.29. The van der Waals surface area contributed by atoms with Crippen LogP contribution in [0, 0.1) is 5.92 Å². The Morgan fingerprint density at radius 3 is 2.70 bits per heavy atom. The molecule has 2 atom stereocenters. The molecular formula is C18H27NO3S. The largest absolute Gasteiger partial charge is 0.444 e. The molecule has 0 N–H and O–H groups in total. The zero-order chi connectivity index (χ0) is 17.0. The summed E-state index contributed by atoms with van der Waals surface area (Å²) in [6.45, 7) is 8.46. The topological polar surface area (TPSA) is 46.6 Å². The lowest BCUT2D eigenvalue weighted by molar-refractivity contribution is 0.00398. The summed E-state index contributed by atoms with van der Waals surface area (Å²) in [6, 6.07) is 1.79. The molecule has 1 aromatic rings. The van der Waals surface area contributed by atoms with Gasteiger partial charge in [0.05, 0.1) is 0 Å². The quantitative estimate of drug-likeness (QED) is 0.745. The van der Waals surface area contributed by atoms with Crippen LogP contribution < -0.4 is 0 Å². The van der Waals surface area contributed by atoms with Gasteiger partial charge in [-0.1, -0.05) is 13.3 Å². The molecule has 0 radical (unpaired) electrons. The lowest BCUT2D eigenvalue weighted by Gasteiger charge is -2.39. The van der Waals surface area contributed by atoms with Gasteiger partial charge in [0.2, 0.25) is 0 Å². The number of ether oxygens (including phenoxy) is 1. The highest BCUT2D eigenvalue weighted by atomic mass is 32.1. The highest BCUT2D eigenvalue weighted by Gasteiger charge is 2.34. The number of hydrogen-bond donors (Lipinski definition) is 0. The van der Waals surface area contributed by atoms with Crippen molar-refractivity contribution in [2.75, 3.05) is 6.54 Å². The molecule has 1 aromatic heterocycles. The number of carbonyl (C=O) groups is 2. The number of hydrogen-bond acceptors (Lipinski definition) is 4. The number of ketones is 1. The molecule has 2 heterocycles. The van der Waals surface area contributed by atoms with Crippen molar-refractivity contribution in [1.82, 2.24) is 4.90 Å². The third-order valence-corrected chi connectivity index (χ3v) is 4.98. The first-order valence-electron chi connectivity index (χ1n) is 8.35. The minimum atomic E-state index is -0.513. The zero-order valence-electron chi connectivity index (χ0n) is 14.5. The van der Waals surface area contributed by atoms with E-state index in [4.69, 9.17) is 4.74 Å². The monoisotopic (exact) mass is 337 g/mol. The average Bonchev–Trinajstić information content (AvgIpc) is 2.99. The van der Waals surface area contributed by atoms with E-state index in [0.717, 1.165) is 24.8 Å². The molecule has 2 unspecified atom stereocenters. The number of carbonyl (C=O) groups excluding carboxylic acids is 2. The lowest BCUT2D eigenvalue weighted by atomic mass is 9.86. The molecule has 4 nitrogen and oxygen atoms in total. The fourth-order valence-electron chi connectivity index (χ4n) is 3.01. The van der Waals surface area contributed by atoms with Crippen molar-refractivity contribution in [3.05, 3.63) is 22.4 Å². The maximum Gasteiger partial charge on any atom is 0.410 e. The Hall–Kier alpha value is -1.36. The molecule has 0 bridgehead atoms. The molecule has 1 aliphatic heterocycles. The van der Waals surface area contributed by atoms with E-state index in [1.165, 1.54) is 11.3 Å². The minimum Gasteiger partial charge on any atom is -0.444 e. The molecule has 23 heavy (non-hydrogen) atoms. The molecule has 1 fully saturated rings. The molecule has 0 saturated carbocycles. The van der Waals surface area contributed by atoms with Crippen LogP contribution in [-0.2, 0) is 4.74 Å². The van der Waals surface area contributed by atoms with Crippen molar-refractivity contribution >= 4 is 23.2 Å². The van der Waals surface area contributed by atoms with E-state index in [1.54, 1.807) is 4.90 Å². The van der Waals surface area contributed by atoms with Crippen LogP contribution in [0.15, 0.2) is 16.8 Å². The Kier molecular flexibility index (Phi) is 5.84. The summed E-state index contributed by atoms with van der Waals surface area (Å²) in [5, 5.41) is 3.79. The van der Waals surface area contributed by atoms with Crippen molar-refractivity contribution in [2.24, 2.45) is 5.92 Å². The Morgan fingerprint density at radius 1 is 1.39 bits per heavy atom. The van der Waals surface area contributed by atoms with Gasteiger partial charge in [0.15, 0.2) is 5.78 Å². The van der Waals surface area contributed by atoms with Gasteiger partial charge in [-0.05, 0) is 51.0 Å². The molecule has 1 aliphatic rings. The Balaban J connectivity index is 2.08. The smallest absolute Gasteiger partial charge is 0.410 e. The minimum absolute atomic E-state index is 0.0593. The predicted molar refractivity (Wildman–Crippen MR) is 93.0 cm³/mol. The number of likely N-dealkylation sites (tertiary alicyclic amines) is 1. The molecular weight excluding hydrogens is 310 g/mol. The van der Waals surface area contributed by atoms with Gasteiger partial charge in [-0.15, -0.1) is 0 Å². The van der Waals surface area contributed by atoms with Crippen LogP contribution in [0.3, 0.4) is 0 Å². The fourth-order valence-corrected chi connectivity index (χ4v) is 3.67. The first kappa shape index (κ1) is 18.0. The van der Waals surface area contributed by atoms with Gasteiger partial charge in [-0.25, -0.2) is 4.79 Å². The van der Waals surface area contributed by atoms with Crippen LogP contribution in [0.2, 0.25) is 0 Å². The molecule has 128 valence electrons. The molecule has 0 aromatic carbocycles. The van der Waals surface area contributed by atoms with Gasteiger partial charge in [-0.2, -0.15) is 11.3 Å². The van der Waals surface area contributed by atoms with E-state index in [9.17, 15) is 9.59 Å². The maximum absolute atomic E-state index is 12.5. The summed E-state index contributed by atoms with van der Waals surface area (Å²) in [7, 11) is 0. The molecule has 0 spiro atoms. The second kappa shape index (κ2) is 7.47. The summed E-state index contributed by atoms with van der Waals surface area (Å²) < 4.78 is 5.53. The number of amides is 1. The van der Waals surface area contributed by atoms with E-state index >= 15 is 0 Å². The molecule has 1 amide bonds. The van der Waals surface area contributed by atoms with Crippen LogP contribution >= 0.6 is 11.3 Å². The molecule has 1 saturated heterocycles. The van der Waals surface area contributed by atoms with Crippen molar-refractivity contribution in [1.29, 1.82) is 0 Å². The number of Topliss-reactive ketones (excluding diaryl/α,β-unsaturated/α-hetero) is 1. The van der Waals surface area contributed by atoms with Crippen molar-refractivity contribution in [3.8, 4) is 0 Å². The van der Waals surface area contributed by atoms with Gasteiger partial charge in [-0.3, -0.25) is 4.79 Å². The molecule has 5 heteroatoms. The summed E-state index contributed by atoms with van der Waals surface area (Å²) in [6.07, 6.45) is 3.04. The number of piperidine rings is 1. The Bertz CT molecular complexity index is 533. The SMILES string of the molecule is CCC1CCN(C(=O)OC(C)(C)C)C(CC(=O)c2ccsc2)C1. The standard InChI is InChI=1S/C18H27NO3S/c1-5-13-6-8-19(17(21)22-18(2,3)4)15(10-13)11-16(20)14-7-9-23-12-14/h7,9,12-13,15H,5-6,8,10-11H2,1-4H3. The van der Waals surface area contributed by atoms with Crippen LogP contribution in [0.5, 0.6) is 0 Å². The van der Waals surface area contributed by atoms with Crippen LogP contribution in [-0.4, -0.2) is 35.0 Å². The van der Waals surface area contributed by atoms with Crippen LogP contribution in [0.1, 0.15) is 63.7 Å². The van der Waals surface area contributed by atoms with Gasteiger partial charge in [0.25, 0.3) is 0 Å². The second-order valence-electron chi connectivity index (χ2n) is 7.27. The Labute approximate surface area is 142 Å². The van der Waals surface area contributed by atoms with Crippen molar-refractivity contribution in [3.63, 3.8) is 0 Å². The van der Waals surface area contributed by atoms with Gasteiger partial charge >= 0.3 is 6.09 Å². The first-order chi connectivity index (χ1) is 10.8. The fraction of sp³-hybridized carbons (Fsp3) is 0.667. The Morgan fingerprint density at radius 2 is 2.13 bits per heavy atom. The number of rotatable bonds is 4. The number of nitrogens with zero attached hydrogens (tertiary/aromatic N) is 1. The van der Waals surface area contributed by atoms with Crippen molar-refractivity contribution < 1.29 is 14.3 Å². The van der Waals surface area contributed by atoms with Gasteiger partial charge in [0.1, 0.15) is 5.60 Å². The summed E-state index contributed by atoms with van der Waals surface area (Å²) >= 11 is 1.52. The third kappa shape index (κ3) is 5.06. The normalized spacial score (nSPS) is 22.0. The average molecular weight is 337 g/mol. The van der Waals surface area contributed by atoms with Crippen LogP contribution in [0.25, 0.3) is 0 Å². The van der Waals surface area contributed by atoms with E-state index < -0.39 is 5.60 Å². The molecule has 2 rings (SSSR count). The highest BCUT2D eigenvalue weighted by Crippen LogP contribution is 2.29. The second-order valence-corrected chi connectivity index (χ2v) is 8.05. The predicted octanol–water partition coefficient (Wildman–Crippen LogP) is 4.75. The van der Waals surface area contributed by atoms with Crippen LogP contribution in [0.4, 0.5) is 4.79 Å². The number of thiophene rings is 1. The maximum atomic E-state index is 12.5. The molecule has 0 aliphatic carbocycles. The van der Waals surface area contributed by atoms with E-state index in [-0.39, 0.29) is 17.9 Å². The van der Waals surface area contributed by atoms with Gasteiger partial charge in [0, 0.05) is 30.0 Å².